The molecule has 0 aliphatic carbocycles. The Morgan fingerprint density at radius 2 is 2.33 bits per heavy atom. The van der Waals surface area contributed by atoms with Gasteiger partial charge in [-0.1, -0.05) is 0 Å². The molecule has 1 aromatic heterocycles. The highest BCUT2D eigenvalue weighted by Crippen LogP contribution is 2.10. The molecule has 4 heteroatoms. The summed E-state index contributed by atoms with van der Waals surface area (Å²) in [6.45, 7) is 2.78. The van der Waals surface area contributed by atoms with Crippen LogP contribution in [0.3, 0.4) is 0 Å². The van der Waals surface area contributed by atoms with Crippen LogP contribution < -0.4 is 11.1 Å². The number of nitrogens with two attached hydrogens (primary N) is 1. The summed E-state index contributed by atoms with van der Waals surface area (Å²) in [5, 5.41) is 2.83. The maximum Gasteiger partial charge on any atom is 0.236 e. The van der Waals surface area contributed by atoms with Gasteiger partial charge in [0, 0.05) is 18.8 Å². The van der Waals surface area contributed by atoms with Gasteiger partial charge in [-0.05, 0) is 19.1 Å². The summed E-state index contributed by atoms with van der Waals surface area (Å²) in [4.78, 5) is 3.66. The van der Waals surface area contributed by atoms with Crippen LogP contribution in [0.25, 0.3) is 0 Å². The summed E-state index contributed by atoms with van der Waals surface area (Å²) in [6, 6.07) is 3.41. The highest BCUT2D eigenvalue weighted by atomic mass is 19.1. The van der Waals surface area contributed by atoms with E-state index >= 15 is 0 Å². The van der Waals surface area contributed by atoms with Gasteiger partial charge >= 0.3 is 0 Å². The van der Waals surface area contributed by atoms with E-state index < -0.39 is 5.95 Å². The highest BCUT2D eigenvalue weighted by Gasteiger charge is 2.00. The number of hydrogen-bond acceptors (Lipinski definition) is 3. The summed E-state index contributed by atoms with van der Waals surface area (Å²) in [6.07, 6.45) is 0. The molecular weight excluding hydrogens is 157 g/mol. The molecule has 0 aliphatic rings. The zero-order chi connectivity index (χ0) is 8.97. The van der Waals surface area contributed by atoms with E-state index in [1.165, 1.54) is 0 Å². The van der Waals surface area contributed by atoms with Crippen LogP contribution in [0.2, 0.25) is 0 Å². The first-order valence-electron chi connectivity index (χ1n) is 3.81. The number of pyridine rings is 1. The van der Waals surface area contributed by atoms with Crippen molar-refractivity contribution in [2.75, 3.05) is 18.4 Å². The molecule has 0 unspecified atom stereocenters. The molecule has 0 aliphatic heterocycles. The van der Waals surface area contributed by atoms with Crippen LogP contribution in [-0.2, 0) is 0 Å². The predicted molar refractivity (Wildman–Crippen MR) is 46.5 cm³/mol. The smallest absolute Gasteiger partial charge is 0.236 e. The number of hydrogen-bond donors (Lipinski definition) is 2. The molecule has 0 spiro atoms. The van der Waals surface area contributed by atoms with E-state index in [-0.39, 0.29) is 0 Å². The first kappa shape index (κ1) is 8.93. The minimum atomic E-state index is -0.469. The zero-order valence-electron chi connectivity index (χ0n) is 6.97. The van der Waals surface area contributed by atoms with Crippen LogP contribution in [0.15, 0.2) is 12.1 Å². The van der Waals surface area contributed by atoms with Crippen LogP contribution in [-0.4, -0.2) is 18.1 Å². The molecule has 0 saturated heterocycles. The SMILES string of the molecule is Cc1ccc(NCCN)c(F)n1. The molecule has 0 aromatic carbocycles. The third kappa shape index (κ3) is 2.17. The van der Waals surface area contributed by atoms with Crippen LogP contribution in [0, 0.1) is 12.9 Å². The quantitative estimate of drug-likeness (QED) is 0.661. The van der Waals surface area contributed by atoms with Crippen molar-refractivity contribution in [3.05, 3.63) is 23.8 Å². The van der Waals surface area contributed by atoms with E-state index in [9.17, 15) is 4.39 Å². The summed E-state index contributed by atoms with van der Waals surface area (Å²) < 4.78 is 13.0. The Morgan fingerprint density at radius 1 is 1.58 bits per heavy atom. The molecule has 0 fully saturated rings. The fraction of sp³-hybridized carbons (Fsp3) is 0.375. The Labute approximate surface area is 70.8 Å². The van der Waals surface area contributed by atoms with Gasteiger partial charge in [0.05, 0.1) is 5.69 Å². The molecule has 3 nitrogen and oxygen atoms in total. The maximum absolute atomic E-state index is 13.0. The first-order chi connectivity index (χ1) is 5.74. The first-order valence-corrected chi connectivity index (χ1v) is 3.81. The average Bonchev–Trinajstić information content (AvgIpc) is 2.03. The van der Waals surface area contributed by atoms with Gasteiger partial charge in [0.15, 0.2) is 0 Å². The normalized spacial score (nSPS) is 9.92. The lowest BCUT2D eigenvalue weighted by atomic mass is 10.3. The van der Waals surface area contributed by atoms with Gasteiger partial charge in [0.25, 0.3) is 0 Å². The molecule has 0 bridgehead atoms. The predicted octanol–water partition coefficient (Wildman–Crippen LogP) is 0.900. The largest absolute Gasteiger partial charge is 0.380 e. The van der Waals surface area contributed by atoms with Gasteiger partial charge in [-0.25, -0.2) is 4.98 Å². The minimum absolute atomic E-state index is 0.408. The van der Waals surface area contributed by atoms with Crippen molar-refractivity contribution < 1.29 is 4.39 Å². The number of rotatable bonds is 3. The molecule has 1 rings (SSSR count). The van der Waals surface area contributed by atoms with E-state index in [1.807, 2.05) is 0 Å². The average molecular weight is 169 g/mol. The van der Waals surface area contributed by atoms with E-state index in [1.54, 1.807) is 19.1 Å². The van der Waals surface area contributed by atoms with Crippen LogP contribution in [0.4, 0.5) is 10.1 Å². The van der Waals surface area contributed by atoms with E-state index in [0.29, 0.717) is 24.5 Å². The van der Waals surface area contributed by atoms with Crippen molar-refractivity contribution in [3.63, 3.8) is 0 Å². The number of nitrogens with zero attached hydrogens (tertiary/aromatic N) is 1. The van der Waals surface area contributed by atoms with Crippen molar-refractivity contribution in [1.29, 1.82) is 0 Å². The molecule has 12 heavy (non-hydrogen) atoms. The van der Waals surface area contributed by atoms with Gasteiger partial charge < -0.3 is 11.1 Å². The molecule has 3 N–H and O–H groups in total. The Bertz CT molecular complexity index is 262. The molecular formula is C8H12FN3. The molecule has 0 radical (unpaired) electrons. The van der Waals surface area contributed by atoms with Crippen molar-refractivity contribution in [2.45, 2.75) is 6.92 Å². The Morgan fingerprint density at radius 3 is 2.92 bits per heavy atom. The lowest BCUT2D eigenvalue weighted by Gasteiger charge is -2.04. The summed E-state index contributed by atoms with van der Waals surface area (Å²) >= 11 is 0. The van der Waals surface area contributed by atoms with Crippen molar-refractivity contribution in [1.82, 2.24) is 4.98 Å². The van der Waals surface area contributed by atoms with Crippen LogP contribution >= 0.6 is 0 Å². The Hall–Kier alpha value is -1.16. The van der Waals surface area contributed by atoms with E-state index in [0.717, 1.165) is 0 Å². The second kappa shape index (κ2) is 4.01. The Balaban J connectivity index is 2.72. The molecule has 66 valence electrons. The second-order valence-corrected chi connectivity index (χ2v) is 2.51. The standard InChI is InChI=1S/C8H12FN3/c1-6-2-3-7(8(9)12-6)11-5-4-10/h2-3,11H,4-5,10H2,1H3. The van der Waals surface area contributed by atoms with Gasteiger partial charge in [-0.3, -0.25) is 0 Å². The van der Waals surface area contributed by atoms with Gasteiger partial charge in [-0.2, -0.15) is 4.39 Å². The number of halogens is 1. The summed E-state index contributed by atoms with van der Waals surface area (Å²) in [7, 11) is 0. The van der Waals surface area contributed by atoms with Crippen molar-refractivity contribution in [2.24, 2.45) is 5.73 Å². The lowest BCUT2D eigenvalue weighted by molar-refractivity contribution is 0.583. The Kier molecular flexibility index (Phi) is 2.99. The lowest BCUT2D eigenvalue weighted by Crippen LogP contribution is -2.14. The summed E-state index contributed by atoms with van der Waals surface area (Å²) in [5.41, 5.74) is 6.33. The molecule has 1 aromatic rings. The third-order valence-electron chi connectivity index (χ3n) is 1.45. The molecule has 0 amide bonds. The van der Waals surface area contributed by atoms with Gasteiger partial charge in [-0.15, -0.1) is 0 Å². The topological polar surface area (TPSA) is 50.9 Å². The van der Waals surface area contributed by atoms with Gasteiger partial charge in [0.1, 0.15) is 0 Å². The summed E-state index contributed by atoms with van der Waals surface area (Å²) in [5.74, 6) is -0.469. The van der Waals surface area contributed by atoms with E-state index in [2.05, 4.69) is 10.3 Å². The fourth-order valence-electron chi connectivity index (χ4n) is 0.864. The monoisotopic (exact) mass is 169 g/mol. The highest BCUT2D eigenvalue weighted by molar-refractivity contribution is 5.42. The zero-order valence-corrected chi connectivity index (χ0v) is 6.97. The van der Waals surface area contributed by atoms with Gasteiger partial charge in [0.2, 0.25) is 5.95 Å². The molecule has 1 heterocycles. The third-order valence-corrected chi connectivity index (χ3v) is 1.45. The van der Waals surface area contributed by atoms with Crippen molar-refractivity contribution >= 4 is 5.69 Å². The molecule has 0 saturated carbocycles. The second-order valence-electron chi connectivity index (χ2n) is 2.51. The number of aryl methyl sites for hydroxylation is 1. The minimum Gasteiger partial charge on any atom is -0.380 e. The fourth-order valence-corrected chi connectivity index (χ4v) is 0.864. The van der Waals surface area contributed by atoms with Crippen molar-refractivity contribution in [3.8, 4) is 0 Å². The maximum atomic E-state index is 13.0. The van der Waals surface area contributed by atoms with Crippen LogP contribution in [0.1, 0.15) is 5.69 Å². The van der Waals surface area contributed by atoms with Crippen LogP contribution in [0.5, 0.6) is 0 Å². The number of nitrogens with one attached hydrogen (secondary N) is 1. The number of aromatic nitrogens is 1. The van der Waals surface area contributed by atoms with E-state index in [4.69, 9.17) is 5.73 Å². The number of anilines is 1. The molecule has 0 atom stereocenters.